The number of hydrogen-bond donors (Lipinski definition) is 0. The third kappa shape index (κ3) is 4.67. The first-order valence-corrected chi connectivity index (χ1v) is 10.1. The van der Waals surface area contributed by atoms with Crippen LogP contribution in [-0.2, 0) is 17.9 Å². The highest BCUT2D eigenvalue weighted by molar-refractivity contribution is 5.96. The molecule has 0 unspecified atom stereocenters. The maximum absolute atomic E-state index is 12.6. The fourth-order valence-corrected chi connectivity index (χ4v) is 4.24. The molecule has 0 radical (unpaired) electrons. The van der Waals surface area contributed by atoms with E-state index in [-0.39, 0.29) is 0 Å². The van der Waals surface area contributed by atoms with Crippen molar-refractivity contribution in [1.82, 2.24) is 9.80 Å². The summed E-state index contributed by atoms with van der Waals surface area (Å²) in [5.41, 5.74) is 3.75. The van der Waals surface area contributed by atoms with E-state index < -0.39 is 0 Å². The fourth-order valence-electron chi connectivity index (χ4n) is 4.24. The smallest absolute Gasteiger partial charge is 0.162 e. The van der Waals surface area contributed by atoms with Gasteiger partial charge in [-0.1, -0.05) is 60.7 Å². The summed E-state index contributed by atoms with van der Waals surface area (Å²) in [4.78, 5) is 17.4. The van der Waals surface area contributed by atoms with Crippen LogP contribution >= 0.6 is 0 Å². The van der Waals surface area contributed by atoms with Gasteiger partial charge in [0.2, 0.25) is 0 Å². The highest BCUT2D eigenvalue weighted by atomic mass is 16.1. The summed E-state index contributed by atoms with van der Waals surface area (Å²) in [5, 5.41) is 0. The Kier molecular flexibility index (Phi) is 5.69. The van der Waals surface area contributed by atoms with Gasteiger partial charge < -0.3 is 4.90 Å². The quantitative estimate of drug-likeness (QED) is 0.796. The van der Waals surface area contributed by atoms with Gasteiger partial charge in [0.25, 0.3) is 0 Å². The van der Waals surface area contributed by atoms with Crippen LogP contribution in [0, 0.1) is 5.92 Å². The third-order valence-electron chi connectivity index (χ3n) is 5.77. The molecule has 2 aliphatic heterocycles. The van der Waals surface area contributed by atoms with E-state index >= 15 is 0 Å². The van der Waals surface area contributed by atoms with E-state index in [1.165, 1.54) is 11.1 Å². The summed E-state index contributed by atoms with van der Waals surface area (Å²) < 4.78 is 0. The van der Waals surface area contributed by atoms with E-state index in [4.69, 9.17) is 0 Å². The molecule has 27 heavy (non-hydrogen) atoms. The summed E-state index contributed by atoms with van der Waals surface area (Å²) in [5.74, 6) is 0.781. The average Bonchev–Trinajstić information content (AvgIpc) is 2.72. The predicted molar refractivity (Wildman–Crippen MR) is 109 cm³/mol. The number of likely N-dealkylation sites (tertiary alicyclic amines) is 1. The monoisotopic (exact) mass is 360 g/mol. The minimum Gasteiger partial charge on any atom is -0.372 e. The lowest BCUT2D eigenvalue weighted by Crippen LogP contribution is -2.37. The zero-order valence-corrected chi connectivity index (χ0v) is 15.9. The van der Waals surface area contributed by atoms with Gasteiger partial charge in [-0.3, -0.25) is 9.69 Å². The van der Waals surface area contributed by atoms with Gasteiger partial charge in [0.1, 0.15) is 0 Å². The van der Waals surface area contributed by atoms with Crippen LogP contribution in [0.25, 0.3) is 0 Å². The summed E-state index contributed by atoms with van der Waals surface area (Å²) in [6, 6.07) is 21.2. The Hall–Kier alpha value is -2.39. The van der Waals surface area contributed by atoms with Gasteiger partial charge >= 0.3 is 0 Å². The van der Waals surface area contributed by atoms with Crippen LogP contribution in [0.2, 0.25) is 0 Å². The first-order chi connectivity index (χ1) is 13.3. The van der Waals surface area contributed by atoms with Crippen LogP contribution in [-0.4, -0.2) is 35.2 Å². The lowest BCUT2D eigenvalue weighted by molar-refractivity contribution is -0.117. The van der Waals surface area contributed by atoms with E-state index in [1.54, 1.807) is 0 Å². The molecule has 2 heterocycles. The summed E-state index contributed by atoms with van der Waals surface area (Å²) >= 11 is 0. The van der Waals surface area contributed by atoms with Gasteiger partial charge in [0.05, 0.1) is 0 Å². The van der Waals surface area contributed by atoms with E-state index in [9.17, 15) is 4.79 Å². The number of hydrogen-bond acceptors (Lipinski definition) is 3. The van der Waals surface area contributed by atoms with Crippen molar-refractivity contribution in [1.29, 1.82) is 0 Å². The largest absolute Gasteiger partial charge is 0.372 e. The molecule has 0 aromatic heterocycles. The SMILES string of the molecule is O=C1CCN(Cc2ccccc2)C=C1C1CCN(Cc2ccccc2)CC1. The zero-order chi connectivity index (χ0) is 18.5. The lowest BCUT2D eigenvalue weighted by Gasteiger charge is -2.35. The molecule has 0 aliphatic carbocycles. The highest BCUT2D eigenvalue weighted by Crippen LogP contribution is 2.29. The molecule has 140 valence electrons. The van der Waals surface area contributed by atoms with Crippen molar-refractivity contribution in [2.24, 2.45) is 5.92 Å². The number of carbonyl (C=O) groups is 1. The van der Waals surface area contributed by atoms with Gasteiger partial charge in [-0.15, -0.1) is 0 Å². The number of benzene rings is 2. The normalized spacial score (nSPS) is 19.2. The van der Waals surface area contributed by atoms with Crippen molar-refractivity contribution in [3.63, 3.8) is 0 Å². The molecule has 2 aliphatic rings. The van der Waals surface area contributed by atoms with E-state index in [0.717, 1.165) is 51.1 Å². The van der Waals surface area contributed by atoms with Crippen LogP contribution in [0.15, 0.2) is 72.4 Å². The molecular weight excluding hydrogens is 332 g/mol. The number of piperidine rings is 1. The molecule has 0 amide bonds. The van der Waals surface area contributed by atoms with Crippen molar-refractivity contribution >= 4 is 5.78 Å². The molecule has 4 rings (SSSR count). The molecule has 0 bridgehead atoms. The molecular formula is C24H28N2O. The van der Waals surface area contributed by atoms with Gasteiger partial charge in [-0.05, 0) is 43.0 Å². The molecule has 0 atom stereocenters. The average molecular weight is 361 g/mol. The number of carbonyl (C=O) groups excluding carboxylic acids is 1. The molecule has 3 heteroatoms. The standard InChI is InChI=1S/C24H28N2O/c27-24-13-16-26(18-21-9-5-2-6-10-21)19-23(24)22-11-14-25(15-12-22)17-20-7-3-1-4-8-20/h1-10,19,22H,11-18H2. The molecule has 0 spiro atoms. The summed E-state index contributed by atoms with van der Waals surface area (Å²) in [6.45, 7) is 4.89. The van der Waals surface area contributed by atoms with Gasteiger partial charge in [0.15, 0.2) is 5.78 Å². The fraction of sp³-hybridized carbons (Fsp3) is 0.375. The Bertz CT molecular complexity index is 777. The van der Waals surface area contributed by atoms with E-state index in [2.05, 4.69) is 70.6 Å². The first-order valence-electron chi connectivity index (χ1n) is 10.1. The van der Waals surface area contributed by atoms with E-state index in [0.29, 0.717) is 18.1 Å². The van der Waals surface area contributed by atoms with Crippen LogP contribution in [0.1, 0.15) is 30.4 Å². The molecule has 3 nitrogen and oxygen atoms in total. The second-order valence-corrected chi connectivity index (χ2v) is 7.75. The first kappa shape index (κ1) is 18.0. The van der Waals surface area contributed by atoms with Crippen LogP contribution < -0.4 is 0 Å². The van der Waals surface area contributed by atoms with E-state index in [1.807, 2.05) is 6.07 Å². The maximum atomic E-state index is 12.6. The number of Topliss-reactive ketones (excluding diaryl/α,β-unsaturated/α-hetero) is 1. The number of nitrogens with zero attached hydrogens (tertiary/aromatic N) is 2. The second kappa shape index (κ2) is 8.53. The molecule has 1 saturated heterocycles. The molecule has 0 saturated carbocycles. The Morgan fingerprint density at radius 1 is 0.778 bits per heavy atom. The van der Waals surface area contributed by atoms with Crippen molar-refractivity contribution in [2.45, 2.75) is 32.4 Å². The number of allylic oxidation sites excluding steroid dienone is 1. The van der Waals surface area contributed by atoms with Gasteiger partial charge in [-0.2, -0.15) is 0 Å². The van der Waals surface area contributed by atoms with Crippen molar-refractivity contribution in [3.8, 4) is 0 Å². The van der Waals surface area contributed by atoms with Gasteiger partial charge in [0, 0.05) is 37.8 Å². The minimum absolute atomic E-state index is 0.362. The predicted octanol–water partition coefficient (Wildman–Crippen LogP) is 4.26. The molecule has 0 N–H and O–H groups in total. The van der Waals surface area contributed by atoms with Crippen LogP contribution in [0.4, 0.5) is 0 Å². The third-order valence-corrected chi connectivity index (χ3v) is 5.77. The Morgan fingerprint density at radius 3 is 2.00 bits per heavy atom. The maximum Gasteiger partial charge on any atom is 0.162 e. The highest BCUT2D eigenvalue weighted by Gasteiger charge is 2.28. The summed E-state index contributed by atoms with van der Waals surface area (Å²) in [6.07, 6.45) is 4.99. The Labute approximate surface area is 162 Å². The Morgan fingerprint density at radius 2 is 1.37 bits per heavy atom. The molecule has 2 aromatic rings. The number of ketones is 1. The van der Waals surface area contributed by atoms with Crippen LogP contribution in [0.5, 0.6) is 0 Å². The zero-order valence-electron chi connectivity index (χ0n) is 15.9. The Balaban J connectivity index is 1.36. The second-order valence-electron chi connectivity index (χ2n) is 7.75. The minimum atomic E-state index is 0.362. The lowest BCUT2D eigenvalue weighted by atomic mass is 9.85. The summed E-state index contributed by atoms with van der Waals surface area (Å²) in [7, 11) is 0. The van der Waals surface area contributed by atoms with Crippen molar-refractivity contribution in [3.05, 3.63) is 83.6 Å². The number of rotatable bonds is 5. The molecule has 1 fully saturated rings. The topological polar surface area (TPSA) is 23.6 Å². The van der Waals surface area contributed by atoms with Crippen LogP contribution in [0.3, 0.4) is 0 Å². The van der Waals surface area contributed by atoms with Crippen molar-refractivity contribution < 1.29 is 4.79 Å². The molecule has 2 aromatic carbocycles. The van der Waals surface area contributed by atoms with Crippen molar-refractivity contribution in [2.75, 3.05) is 19.6 Å². The van der Waals surface area contributed by atoms with Gasteiger partial charge in [-0.25, -0.2) is 0 Å².